The largest absolute Gasteiger partial charge is 0.423 e. The van der Waals surface area contributed by atoms with E-state index in [2.05, 4.69) is 4.99 Å². The van der Waals surface area contributed by atoms with Gasteiger partial charge in [0.1, 0.15) is 5.75 Å². The number of carbonyl (C=O) groups excluding carboxylic acids is 2. The second-order valence-corrected chi connectivity index (χ2v) is 6.33. The van der Waals surface area contributed by atoms with E-state index in [9.17, 15) is 9.59 Å². The van der Waals surface area contributed by atoms with Crippen molar-refractivity contribution in [2.24, 2.45) is 10.7 Å². The number of hydrogen-bond donors (Lipinski definition) is 1. The molecule has 0 fully saturated rings. The first kappa shape index (κ1) is 16.3. The Morgan fingerprint density at radius 1 is 1.21 bits per heavy atom. The fourth-order valence-corrected chi connectivity index (χ4v) is 2.86. The average Bonchev–Trinajstić information content (AvgIpc) is 2.87. The number of carbonyl (C=O) groups is 2. The molecule has 2 aromatic carbocycles. The summed E-state index contributed by atoms with van der Waals surface area (Å²) < 4.78 is 5.29. The van der Waals surface area contributed by atoms with E-state index in [-0.39, 0.29) is 11.1 Å². The zero-order valence-electron chi connectivity index (χ0n) is 12.2. The van der Waals surface area contributed by atoms with E-state index in [4.69, 9.17) is 22.1 Å². The molecular formula is C17H11ClN2O3S. The maximum atomic E-state index is 12.0. The van der Waals surface area contributed by atoms with Crippen LogP contribution in [0.5, 0.6) is 5.75 Å². The number of nitrogens with zero attached hydrogens (tertiary/aromatic N) is 1. The zero-order valence-corrected chi connectivity index (χ0v) is 13.8. The number of rotatable bonds is 3. The molecule has 0 radical (unpaired) electrons. The molecule has 2 aromatic rings. The number of nitrogens with two attached hydrogens (primary N) is 1. The quantitative estimate of drug-likeness (QED) is 0.516. The minimum atomic E-state index is -0.494. The summed E-state index contributed by atoms with van der Waals surface area (Å²) in [5, 5.41) is 0.699. The molecule has 0 saturated carbocycles. The molecule has 0 aliphatic carbocycles. The smallest absolute Gasteiger partial charge is 0.343 e. The average molecular weight is 359 g/mol. The molecule has 24 heavy (non-hydrogen) atoms. The van der Waals surface area contributed by atoms with Gasteiger partial charge in [-0.15, -0.1) is 0 Å². The molecule has 1 aliphatic heterocycles. The highest BCUT2D eigenvalue weighted by Crippen LogP contribution is 2.27. The molecule has 0 saturated heterocycles. The van der Waals surface area contributed by atoms with Crippen molar-refractivity contribution < 1.29 is 14.3 Å². The molecular weight excluding hydrogens is 348 g/mol. The number of halogens is 1. The van der Waals surface area contributed by atoms with E-state index >= 15 is 0 Å². The van der Waals surface area contributed by atoms with Crippen molar-refractivity contribution in [3.8, 4) is 5.75 Å². The van der Waals surface area contributed by atoms with Crippen molar-refractivity contribution in [3.05, 3.63) is 69.6 Å². The van der Waals surface area contributed by atoms with Gasteiger partial charge in [-0.2, -0.15) is 4.99 Å². The number of hydrogen-bond acceptors (Lipinski definition) is 5. The highest BCUT2D eigenvalue weighted by Gasteiger charge is 2.19. The minimum absolute atomic E-state index is 0.235. The molecule has 0 bridgehead atoms. The molecule has 0 spiro atoms. The Balaban J connectivity index is 1.70. The molecule has 3 rings (SSSR count). The Labute approximate surface area is 147 Å². The number of benzene rings is 2. The van der Waals surface area contributed by atoms with Gasteiger partial charge in [0.2, 0.25) is 0 Å². The van der Waals surface area contributed by atoms with Gasteiger partial charge >= 0.3 is 5.97 Å². The van der Waals surface area contributed by atoms with Gasteiger partial charge < -0.3 is 10.5 Å². The lowest BCUT2D eigenvalue weighted by Gasteiger charge is -2.05. The third-order valence-corrected chi connectivity index (χ3v) is 4.13. The Hall–Kier alpha value is -2.57. The van der Waals surface area contributed by atoms with Crippen LogP contribution in [0.2, 0.25) is 5.02 Å². The highest BCUT2D eigenvalue weighted by molar-refractivity contribution is 8.18. The number of amides is 1. The van der Waals surface area contributed by atoms with Crippen molar-refractivity contribution >= 4 is 46.5 Å². The molecule has 2 N–H and O–H groups in total. The van der Waals surface area contributed by atoms with Crippen LogP contribution < -0.4 is 10.5 Å². The van der Waals surface area contributed by atoms with Gasteiger partial charge in [-0.25, -0.2) is 4.79 Å². The lowest BCUT2D eigenvalue weighted by atomic mass is 10.2. The Morgan fingerprint density at radius 3 is 2.58 bits per heavy atom. The normalized spacial score (nSPS) is 15.5. The Bertz CT molecular complexity index is 876. The second-order valence-electron chi connectivity index (χ2n) is 4.83. The Morgan fingerprint density at radius 2 is 1.96 bits per heavy atom. The molecule has 1 heterocycles. The van der Waals surface area contributed by atoms with Gasteiger partial charge in [0.15, 0.2) is 5.17 Å². The van der Waals surface area contributed by atoms with Gasteiger partial charge in [0, 0.05) is 5.02 Å². The molecule has 1 aliphatic rings. The van der Waals surface area contributed by atoms with Crippen LogP contribution >= 0.6 is 23.4 Å². The maximum Gasteiger partial charge on any atom is 0.343 e. The summed E-state index contributed by atoms with van der Waals surface area (Å²) in [4.78, 5) is 27.7. The number of thioether (sulfide) groups is 1. The van der Waals surface area contributed by atoms with E-state index in [0.29, 0.717) is 21.2 Å². The SMILES string of the molecule is NC1=NC(=O)/C(=C/c2ccc(OC(=O)c3cccc(Cl)c3)cc2)S1. The second kappa shape index (κ2) is 6.90. The standard InChI is InChI=1S/C17H11ClN2O3S/c18-12-3-1-2-11(9-12)16(22)23-13-6-4-10(5-7-13)8-14-15(21)20-17(19)24-14/h1-9H,(H2,19,20,21)/b14-8-. The van der Waals surface area contributed by atoms with E-state index in [1.54, 1.807) is 48.5 Å². The lowest BCUT2D eigenvalue weighted by molar-refractivity contribution is -0.113. The van der Waals surface area contributed by atoms with Crippen LogP contribution in [0.3, 0.4) is 0 Å². The number of amidine groups is 1. The monoisotopic (exact) mass is 358 g/mol. The van der Waals surface area contributed by atoms with Crippen molar-refractivity contribution in [1.82, 2.24) is 0 Å². The van der Waals surface area contributed by atoms with Crippen LogP contribution in [0.15, 0.2) is 58.4 Å². The lowest BCUT2D eigenvalue weighted by Crippen LogP contribution is -2.08. The first-order chi connectivity index (χ1) is 11.5. The maximum absolute atomic E-state index is 12.0. The molecule has 1 amide bonds. The summed E-state index contributed by atoms with van der Waals surface area (Å²) in [6, 6.07) is 13.3. The van der Waals surface area contributed by atoms with E-state index < -0.39 is 5.97 Å². The summed E-state index contributed by atoms with van der Waals surface area (Å²) in [7, 11) is 0. The molecule has 0 aromatic heterocycles. The van der Waals surface area contributed by atoms with Crippen LogP contribution in [0.25, 0.3) is 6.08 Å². The number of esters is 1. The summed E-state index contributed by atoms with van der Waals surface area (Å²) in [5.41, 5.74) is 6.64. The van der Waals surface area contributed by atoms with Gasteiger partial charge in [-0.1, -0.05) is 29.8 Å². The molecule has 120 valence electrons. The van der Waals surface area contributed by atoms with Crippen LogP contribution in [-0.4, -0.2) is 17.0 Å². The summed E-state index contributed by atoms with van der Waals surface area (Å²) in [6.45, 7) is 0. The molecule has 5 nitrogen and oxygen atoms in total. The summed E-state index contributed by atoms with van der Waals surface area (Å²) in [5.74, 6) is -0.455. The van der Waals surface area contributed by atoms with Crippen molar-refractivity contribution in [2.45, 2.75) is 0 Å². The number of ether oxygens (including phenoxy) is 1. The van der Waals surface area contributed by atoms with Gasteiger partial charge in [-0.05, 0) is 53.7 Å². The first-order valence-electron chi connectivity index (χ1n) is 6.87. The van der Waals surface area contributed by atoms with E-state index in [1.165, 1.54) is 6.07 Å². The fourth-order valence-electron chi connectivity index (χ4n) is 1.99. The molecule has 0 atom stereocenters. The Kier molecular flexibility index (Phi) is 4.69. The third-order valence-electron chi connectivity index (χ3n) is 3.09. The summed E-state index contributed by atoms with van der Waals surface area (Å²) in [6.07, 6.45) is 1.68. The predicted octanol–water partition coefficient (Wildman–Crippen LogP) is 3.49. The van der Waals surface area contributed by atoms with Crippen LogP contribution in [0, 0.1) is 0 Å². The van der Waals surface area contributed by atoms with Crippen molar-refractivity contribution in [1.29, 1.82) is 0 Å². The fraction of sp³-hybridized carbons (Fsp3) is 0. The number of aliphatic imine (C=N–C) groups is 1. The van der Waals surface area contributed by atoms with Crippen molar-refractivity contribution in [3.63, 3.8) is 0 Å². The van der Waals surface area contributed by atoms with E-state index in [0.717, 1.165) is 17.3 Å². The van der Waals surface area contributed by atoms with Gasteiger partial charge in [0.05, 0.1) is 10.5 Å². The third kappa shape index (κ3) is 3.84. The zero-order chi connectivity index (χ0) is 17.1. The van der Waals surface area contributed by atoms with E-state index in [1.807, 2.05) is 0 Å². The molecule has 7 heteroatoms. The first-order valence-corrected chi connectivity index (χ1v) is 8.06. The summed E-state index contributed by atoms with van der Waals surface area (Å²) >= 11 is 6.98. The predicted molar refractivity (Wildman–Crippen MR) is 95.0 cm³/mol. The topological polar surface area (TPSA) is 81.8 Å². The van der Waals surface area contributed by atoms with Gasteiger partial charge in [0.25, 0.3) is 5.91 Å². The van der Waals surface area contributed by atoms with Crippen molar-refractivity contribution in [2.75, 3.05) is 0 Å². The van der Waals surface area contributed by atoms with Crippen LogP contribution in [-0.2, 0) is 4.79 Å². The minimum Gasteiger partial charge on any atom is -0.423 e. The van der Waals surface area contributed by atoms with Crippen LogP contribution in [0.1, 0.15) is 15.9 Å². The van der Waals surface area contributed by atoms with Crippen LogP contribution in [0.4, 0.5) is 0 Å². The molecule has 0 unspecified atom stereocenters. The van der Waals surface area contributed by atoms with Gasteiger partial charge in [-0.3, -0.25) is 4.79 Å². The highest BCUT2D eigenvalue weighted by atomic mass is 35.5.